The van der Waals surface area contributed by atoms with E-state index in [1.54, 1.807) is 16.8 Å². The fourth-order valence-corrected chi connectivity index (χ4v) is 5.08. The molecular weight excluding hydrogens is 432 g/mol. The predicted molar refractivity (Wildman–Crippen MR) is 131 cm³/mol. The Morgan fingerprint density at radius 1 is 1.18 bits per heavy atom. The number of anilines is 1. The Labute approximate surface area is 197 Å². The van der Waals surface area contributed by atoms with E-state index < -0.39 is 4.92 Å². The third-order valence-electron chi connectivity index (χ3n) is 6.93. The summed E-state index contributed by atoms with van der Waals surface area (Å²) >= 11 is 0. The molecule has 1 aromatic carbocycles. The lowest BCUT2D eigenvalue weighted by atomic mass is 9.96. The number of hydrogen-bond acceptors (Lipinski definition) is 6. The molecule has 0 aliphatic carbocycles. The summed E-state index contributed by atoms with van der Waals surface area (Å²) in [6.07, 6.45) is 5.46. The summed E-state index contributed by atoms with van der Waals surface area (Å²) in [4.78, 5) is 29.5. The highest BCUT2D eigenvalue weighted by molar-refractivity contribution is 5.83. The van der Waals surface area contributed by atoms with Crippen LogP contribution in [0.5, 0.6) is 0 Å². The molecule has 0 saturated carbocycles. The predicted octanol–water partition coefficient (Wildman–Crippen LogP) is 2.84. The topological polar surface area (TPSA) is 98.2 Å². The Morgan fingerprint density at radius 3 is 2.68 bits per heavy atom. The Hall–Kier alpha value is -3.64. The molecule has 3 aromatic rings. The minimum Gasteiger partial charge on any atom is -0.368 e. The first-order valence-electron chi connectivity index (χ1n) is 11.8. The van der Waals surface area contributed by atoms with E-state index in [0.717, 1.165) is 74.1 Å². The van der Waals surface area contributed by atoms with Crippen molar-refractivity contribution in [3.05, 3.63) is 62.7 Å². The molecule has 5 rings (SSSR count). The molecule has 2 saturated heterocycles. The molecule has 1 N–H and O–H groups in total. The molecule has 9 heteroatoms. The number of aryl methyl sites for hydroxylation is 1. The number of rotatable bonds is 3. The van der Waals surface area contributed by atoms with Gasteiger partial charge in [-0.1, -0.05) is 17.9 Å². The quantitative estimate of drug-likeness (QED) is 0.367. The van der Waals surface area contributed by atoms with Gasteiger partial charge < -0.3 is 20.3 Å². The molecule has 0 unspecified atom stereocenters. The van der Waals surface area contributed by atoms with Crippen LogP contribution < -0.4 is 15.9 Å². The number of fused-ring (bicyclic) bond motifs is 1. The fraction of sp³-hybridized carbons (Fsp3) is 0.440. The number of aromatic nitrogens is 3. The minimum absolute atomic E-state index is 0.0166. The lowest BCUT2D eigenvalue weighted by Crippen LogP contribution is -2.36. The normalized spacial score (nSPS) is 19.1. The van der Waals surface area contributed by atoms with Crippen LogP contribution >= 0.6 is 0 Å². The van der Waals surface area contributed by atoms with Gasteiger partial charge in [-0.3, -0.25) is 9.13 Å². The van der Waals surface area contributed by atoms with Crippen LogP contribution in [-0.4, -0.2) is 45.2 Å². The number of piperidine rings is 2. The number of para-hydroxylation sites is 1. The highest BCUT2D eigenvalue weighted by Crippen LogP contribution is 2.25. The SMILES string of the molecule is Cn1c(=O)n([C@@H]2CCCNC2)c2cccc(C#CC3CCN(c4ccc([N+](=O)[O-])nc4)CC3)c21. The summed E-state index contributed by atoms with van der Waals surface area (Å²) in [6.45, 7) is 3.48. The summed E-state index contributed by atoms with van der Waals surface area (Å²) in [5.41, 5.74) is 3.66. The van der Waals surface area contributed by atoms with Gasteiger partial charge in [0.25, 0.3) is 0 Å². The van der Waals surface area contributed by atoms with E-state index in [2.05, 4.69) is 27.0 Å². The maximum atomic E-state index is 13.1. The molecule has 2 aromatic heterocycles. The second-order valence-corrected chi connectivity index (χ2v) is 9.05. The van der Waals surface area contributed by atoms with Crippen molar-refractivity contribution in [2.75, 3.05) is 31.1 Å². The molecule has 0 radical (unpaired) electrons. The fourth-order valence-electron chi connectivity index (χ4n) is 5.08. The highest BCUT2D eigenvalue weighted by atomic mass is 16.6. The zero-order valence-corrected chi connectivity index (χ0v) is 19.2. The number of hydrogen-bond donors (Lipinski definition) is 1. The number of benzene rings is 1. The van der Waals surface area contributed by atoms with Gasteiger partial charge in [-0.05, 0) is 60.3 Å². The first-order chi connectivity index (χ1) is 16.5. The average Bonchev–Trinajstić information content (AvgIpc) is 3.14. The summed E-state index contributed by atoms with van der Waals surface area (Å²) in [7, 11) is 1.83. The molecule has 0 amide bonds. The molecule has 176 valence electrons. The summed E-state index contributed by atoms with van der Waals surface area (Å²) < 4.78 is 3.67. The van der Waals surface area contributed by atoms with Crippen LogP contribution in [-0.2, 0) is 7.05 Å². The maximum absolute atomic E-state index is 13.1. The monoisotopic (exact) mass is 460 g/mol. The molecule has 2 aliphatic heterocycles. The molecule has 1 atom stereocenters. The third kappa shape index (κ3) is 4.17. The molecule has 0 spiro atoms. The minimum atomic E-state index is -0.484. The van der Waals surface area contributed by atoms with Crippen molar-refractivity contribution < 1.29 is 4.92 Å². The van der Waals surface area contributed by atoms with Gasteiger partial charge in [-0.25, -0.2) is 4.79 Å². The molecule has 34 heavy (non-hydrogen) atoms. The largest absolute Gasteiger partial charge is 0.368 e. The molecule has 9 nitrogen and oxygen atoms in total. The van der Waals surface area contributed by atoms with Crippen LogP contribution in [0.3, 0.4) is 0 Å². The first kappa shape index (κ1) is 22.2. The van der Waals surface area contributed by atoms with Crippen molar-refractivity contribution in [2.24, 2.45) is 13.0 Å². The summed E-state index contributed by atoms with van der Waals surface area (Å²) in [5, 5.41) is 14.2. The Balaban J connectivity index is 1.33. The zero-order valence-electron chi connectivity index (χ0n) is 19.2. The van der Waals surface area contributed by atoms with Crippen molar-refractivity contribution in [1.82, 2.24) is 19.4 Å². The standard InChI is InChI=1S/C25H28N6O3/c1-28-24-19(4-2-6-22(24)30(25(28)32)21-5-3-13-26-16-21)8-7-18-11-14-29(15-12-18)20-9-10-23(27-17-20)31(33)34/h2,4,6,9-10,17-18,21,26H,3,5,11-16H2,1H3/t21-/m1/s1. The maximum Gasteiger partial charge on any atom is 0.363 e. The molecule has 2 aliphatic rings. The molecule has 0 bridgehead atoms. The van der Waals surface area contributed by atoms with Gasteiger partial charge in [0.15, 0.2) is 6.20 Å². The lowest BCUT2D eigenvalue weighted by Gasteiger charge is -2.30. The number of nitrogens with zero attached hydrogens (tertiary/aromatic N) is 5. The van der Waals surface area contributed by atoms with Gasteiger partial charge in [0.2, 0.25) is 0 Å². The molecule has 4 heterocycles. The van der Waals surface area contributed by atoms with Crippen LogP contribution in [0.4, 0.5) is 11.5 Å². The number of nitrogens with one attached hydrogen (secondary N) is 1. The van der Waals surface area contributed by atoms with E-state index in [9.17, 15) is 14.9 Å². The molecular formula is C25H28N6O3. The third-order valence-corrected chi connectivity index (χ3v) is 6.93. The van der Waals surface area contributed by atoms with E-state index in [0.29, 0.717) is 0 Å². The Morgan fingerprint density at radius 2 is 2.00 bits per heavy atom. The van der Waals surface area contributed by atoms with E-state index in [1.165, 1.54) is 6.07 Å². The van der Waals surface area contributed by atoms with Crippen LogP contribution in [0.2, 0.25) is 0 Å². The average molecular weight is 461 g/mol. The lowest BCUT2D eigenvalue weighted by molar-refractivity contribution is -0.389. The second kappa shape index (κ2) is 9.31. The number of pyridine rings is 1. The number of nitro groups is 1. The van der Waals surface area contributed by atoms with Gasteiger partial charge >= 0.3 is 11.5 Å². The van der Waals surface area contributed by atoms with Crippen LogP contribution in [0.25, 0.3) is 11.0 Å². The first-order valence-corrected chi connectivity index (χ1v) is 11.8. The van der Waals surface area contributed by atoms with E-state index in [1.807, 2.05) is 29.8 Å². The van der Waals surface area contributed by atoms with Crippen LogP contribution in [0, 0.1) is 27.9 Å². The van der Waals surface area contributed by atoms with Crippen molar-refractivity contribution in [2.45, 2.75) is 31.7 Å². The van der Waals surface area contributed by atoms with E-state index in [-0.39, 0.29) is 23.5 Å². The summed E-state index contributed by atoms with van der Waals surface area (Å²) in [6, 6.07) is 9.38. The van der Waals surface area contributed by atoms with Gasteiger partial charge in [0.1, 0.15) is 0 Å². The van der Waals surface area contributed by atoms with E-state index in [4.69, 9.17) is 0 Å². The van der Waals surface area contributed by atoms with Crippen molar-refractivity contribution in [1.29, 1.82) is 0 Å². The zero-order chi connectivity index (χ0) is 23.7. The molecule has 2 fully saturated rings. The van der Waals surface area contributed by atoms with Crippen LogP contribution in [0.15, 0.2) is 41.3 Å². The van der Waals surface area contributed by atoms with Crippen molar-refractivity contribution >= 4 is 22.5 Å². The summed E-state index contributed by atoms with van der Waals surface area (Å²) in [5.74, 6) is 6.94. The second-order valence-electron chi connectivity index (χ2n) is 9.05. The smallest absolute Gasteiger partial charge is 0.363 e. The van der Waals surface area contributed by atoms with Gasteiger partial charge in [0.05, 0.1) is 28.3 Å². The Bertz CT molecular complexity index is 1320. The highest BCUT2D eigenvalue weighted by Gasteiger charge is 2.23. The van der Waals surface area contributed by atoms with Gasteiger partial charge in [-0.15, -0.1) is 0 Å². The van der Waals surface area contributed by atoms with Crippen LogP contribution in [0.1, 0.15) is 37.3 Å². The van der Waals surface area contributed by atoms with Crippen molar-refractivity contribution in [3.8, 4) is 11.8 Å². The van der Waals surface area contributed by atoms with Gasteiger partial charge in [-0.2, -0.15) is 0 Å². The Kier molecular flexibility index (Phi) is 6.07. The van der Waals surface area contributed by atoms with Gasteiger partial charge in [0, 0.05) is 38.7 Å². The van der Waals surface area contributed by atoms with E-state index >= 15 is 0 Å². The number of imidazole rings is 1. The van der Waals surface area contributed by atoms with Crippen molar-refractivity contribution in [3.63, 3.8) is 0 Å².